The standard InChI is InChI=1S/C9H10BF4O2/c1-2-15-6-16-9-4-3-7(11)5-8(9)10(12,13)14/h3-5H,2,6H2,1H3/q-1. The smallest absolute Gasteiger partial charge is 0.471 e. The minimum atomic E-state index is -5.30. The van der Waals surface area contributed by atoms with Crippen molar-refractivity contribution in [3.8, 4) is 5.75 Å². The summed E-state index contributed by atoms with van der Waals surface area (Å²) in [5.74, 6) is -1.36. The molecular formula is C9H10BF4O2-. The lowest BCUT2D eigenvalue weighted by Gasteiger charge is -2.19. The van der Waals surface area contributed by atoms with E-state index in [4.69, 9.17) is 9.47 Å². The lowest BCUT2D eigenvalue weighted by atomic mass is 9.79. The zero-order valence-electron chi connectivity index (χ0n) is 8.55. The van der Waals surface area contributed by atoms with E-state index in [1.54, 1.807) is 6.92 Å². The van der Waals surface area contributed by atoms with Gasteiger partial charge >= 0.3 is 6.98 Å². The Morgan fingerprint density at radius 1 is 1.25 bits per heavy atom. The van der Waals surface area contributed by atoms with Gasteiger partial charge in [-0.1, -0.05) is 5.46 Å². The average molecular weight is 237 g/mol. The molecule has 0 fully saturated rings. The molecule has 2 nitrogen and oxygen atoms in total. The van der Waals surface area contributed by atoms with Crippen LogP contribution in [0.15, 0.2) is 18.2 Å². The maximum atomic E-state index is 12.7. The highest BCUT2D eigenvalue weighted by atomic mass is 19.4. The maximum absolute atomic E-state index is 12.7. The second-order valence-electron chi connectivity index (χ2n) is 3.01. The van der Waals surface area contributed by atoms with E-state index in [2.05, 4.69) is 0 Å². The van der Waals surface area contributed by atoms with Crippen molar-refractivity contribution in [2.24, 2.45) is 0 Å². The summed E-state index contributed by atoms with van der Waals surface area (Å²) in [7, 11) is 0. The Balaban J connectivity index is 2.90. The molecule has 0 atom stereocenters. The van der Waals surface area contributed by atoms with E-state index in [1.807, 2.05) is 0 Å². The number of halogens is 4. The third-order valence-corrected chi connectivity index (χ3v) is 1.83. The van der Waals surface area contributed by atoms with E-state index in [-0.39, 0.29) is 6.79 Å². The molecule has 1 aromatic rings. The van der Waals surface area contributed by atoms with E-state index < -0.39 is 24.0 Å². The highest BCUT2D eigenvalue weighted by Gasteiger charge is 2.29. The average Bonchev–Trinajstić information content (AvgIpc) is 2.19. The van der Waals surface area contributed by atoms with Crippen LogP contribution in [0.1, 0.15) is 6.92 Å². The summed E-state index contributed by atoms with van der Waals surface area (Å²) in [6.07, 6.45) is 0. The van der Waals surface area contributed by atoms with Crippen LogP contribution in [0.2, 0.25) is 0 Å². The van der Waals surface area contributed by atoms with E-state index in [1.165, 1.54) is 0 Å². The van der Waals surface area contributed by atoms with E-state index in [9.17, 15) is 17.3 Å². The molecule has 0 aromatic heterocycles. The summed E-state index contributed by atoms with van der Waals surface area (Å²) in [5, 5.41) is 0. The molecule has 0 heterocycles. The number of ether oxygens (including phenoxy) is 2. The summed E-state index contributed by atoms with van der Waals surface area (Å²) < 4.78 is 59.8. The molecule has 0 amide bonds. The monoisotopic (exact) mass is 237 g/mol. The summed E-state index contributed by atoms with van der Waals surface area (Å²) in [5.41, 5.74) is -1.08. The molecule has 90 valence electrons. The topological polar surface area (TPSA) is 18.5 Å². The Kier molecular flexibility index (Phi) is 4.17. The van der Waals surface area contributed by atoms with Crippen LogP contribution in [0.4, 0.5) is 17.3 Å². The fraction of sp³-hybridized carbons (Fsp3) is 0.333. The van der Waals surface area contributed by atoms with Crippen molar-refractivity contribution < 1.29 is 26.8 Å². The van der Waals surface area contributed by atoms with Crippen LogP contribution in [0.5, 0.6) is 5.75 Å². The summed E-state index contributed by atoms with van der Waals surface area (Å²) >= 11 is 0. The molecule has 0 saturated heterocycles. The van der Waals surface area contributed by atoms with Gasteiger partial charge in [0.2, 0.25) is 0 Å². The van der Waals surface area contributed by atoms with Crippen molar-refractivity contribution in [1.29, 1.82) is 0 Å². The molecule has 1 aromatic carbocycles. The van der Waals surface area contributed by atoms with Gasteiger partial charge in [0.25, 0.3) is 0 Å². The van der Waals surface area contributed by atoms with Gasteiger partial charge in [0.05, 0.1) is 5.75 Å². The van der Waals surface area contributed by atoms with Crippen molar-refractivity contribution in [2.75, 3.05) is 13.4 Å². The lowest BCUT2D eigenvalue weighted by molar-refractivity contribution is 0.0228. The quantitative estimate of drug-likeness (QED) is 0.338. The first-order valence-corrected chi connectivity index (χ1v) is 4.65. The minimum Gasteiger partial charge on any atom is -0.471 e. The van der Waals surface area contributed by atoms with Crippen LogP contribution >= 0.6 is 0 Å². The summed E-state index contributed by atoms with van der Waals surface area (Å²) in [4.78, 5) is 0. The van der Waals surface area contributed by atoms with Gasteiger partial charge in [0.15, 0.2) is 6.79 Å². The SMILES string of the molecule is CCOCOc1ccc(F)cc1[B-](F)(F)F. The molecule has 0 bridgehead atoms. The fourth-order valence-electron chi connectivity index (χ4n) is 1.10. The van der Waals surface area contributed by atoms with Gasteiger partial charge < -0.3 is 22.4 Å². The van der Waals surface area contributed by atoms with Crippen molar-refractivity contribution in [3.05, 3.63) is 24.0 Å². The molecule has 0 N–H and O–H groups in total. The van der Waals surface area contributed by atoms with Crippen molar-refractivity contribution in [3.63, 3.8) is 0 Å². The molecule has 7 heteroatoms. The molecule has 0 spiro atoms. The largest absolute Gasteiger partial charge is 0.513 e. The van der Waals surface area contributed by atoms with Crippen molar-refractivity contribution in [1.82, 2.24) is 0 Å². The van der Waals surface area contributed by atoms with Crippen LogP contribution < -0.4 is 10.2 Å². The first-order chi connectivity index (χ1) is 7.45. The Morgan fingerprint density at radius 2 is 1.94 bits per heavy atom. The van der Waals surface area contributed by atoms with Crippen LogP contribution in [-0.4, -0.2) is 20.4 Å². The molecule has 0 aliphatic carbocycles. The third-order valence-electron chi connectivity index (χ3n) is 1.83. The molecule has 0 saturated carbocycles. The second kappa shape index (κ2) is 5.20. The van der Waals surface area contributed by atoms with Gasteiger partial charge in [-0.05, 0) is 25.1 Å². The molecular weight excluding hydrogens is 227 g/mol. The normalized spacial score (nSPS) is 11.6. The molecule has 0 radical (unpaired) electrons. The molecule has 0 aliphatic heterocycles. The van der Waals surface area contributed by atoms with Gasteiger partial charge in [0, 0.05) is 6.61 Å². The molecule has 1 rings (SSSR count). The molecule has 0 unspecified atom stereocenters. The second-order valence-corrected chi connectivity index (χ2v) is 3.01. The zero-order valence-corrected chi connectivity index (χ0v) is 8.55. The van der Waals surface area contributed by atoms with Gasteiger partial charge in [0.1, 0.15) is 5.82 Å². The third kappa shape index (κ3) is 3.41. The van der Waals surface area contributed by atoms with Gasteiger partial charge in [-0.3, -0.25) is 0 Å². The molecule has 0 aliphatic rings. The van der Waals surface area contributed by atoms with Crippen LogP contribution in [0.3, 0.4) is 0 Å². The molecule has 16 heavy (non-hydrogen) atoms. The zero-order chi connectivity index (χ0) is 12.2. The number of hydrogen-bond acceptors (Lipinski definition) is 2. The first kappa shape index (κ1) is 12.8. The van der Waals surface area contributed by atoms with E-state index in [0.29, 0.717) is 12.7 Å². The fourth-order valence-corrected chi connectivity index (χ4v) is 1.10. The number of rotatable bonds is 5. The first-order valence-electron chi connectivity index (χ1n) is 4.65. The van der Waals surface area contributed by atoms with Crippen molar-refractivity contribution >= 4 is 12.4 Å². The van der Waals surface area contributed by atoms with Crippen LogP contribution in [0, 0.1) is 5.82 Å². The van der Waals surface area contributed by atoms with Gasteiger partial charge in [-0.25, -0.2) is 4.39 Å². The highest BCUT2D eigenvalue weighted by Crippen LogP contribution is 2.18. The van der Waals surface area contributed by atoms with Gasteiger partial charge in [-0.15, -0.1) is 0 Å². The summed E-state index contributed by atoms with van der Waals surface area (Å²) in [6, 6.07) is 2.27. The predicted molar refractivity (Wildman–Crippen MR) is 52.2 cm³/mol. The highest BCUT2D eigenvalue weighted by molar-refractivity contribution is 6.74. The predicted octanol–water partition coefficient (Wildman–Crippen LogP) is 2.25. The Labute approximate surface area is 90.2 Å². The maximum Gasteiger partial charge on any atom is 0.513 e. The number of benzene rings is 1. The van der Waals surface area contributed by atoms with Crippen molar-refractivity contribution in [2.45, 2.75) is 6.92 Å². The number of hydrogen-bond donors (Lipinski definition) is 0. The van der Waals surface area contributed by atoms with Gasteiger partial charge in [-0.2, -0.15) is 0 Å². The van der Waals surface area contributed by atoms with Crippen LogP contribution in [0.25, 0.3) is 0 Å². The van der Waals surface area contributed by atoms with Crippen LogP contribution in [-0.2, 0) is 4.74 Å². The minimum absolute atomic E-state index is 0.290. The summed E-state index contributed by atoms with van der Waals surface area (Å²) in [6.45, 7) is -3.58. The van der Waals surface area contributed by atoms with E-state index >= 15 is 0 Å². The Morgan fingerprint density at radius 3 is 2.50 bits per heavy atom. The van der Waals surface area contributed by atoms with E-state index in [0.717, 1.165) is 12.1 Å². The Bertz CT molecular complexity index is 354. The lowest BCUT2D eigenvalue weighted by Crippen LogP contribution is -2.35. The Hall–Kier alpha value is -1.24.